The number of aliphatic hydroxyl groups excluding tert-OH is 1. The second kappa shape index (κ2) is 7.38. The third kappa shape index (κ3) is 4.53. The second-order valence-corrected chi connectivity index (χ2v) is 7.62. The fourth-order valence-corrected chi connectivity index (χ4v) is 4.09. The van der Waals surface area contributed by atoms with E-state index in [1.54, 1.807) is 0 Å². The van der Waals surface area contributed by atoms with E-state index in [0.717, 1.165) is 35.1 Å². The molecule has 0 aromatic heterocycles. The van der Waals surface area contributed by atoms with Crippen molar-refractivity contribution in [2.24, 2.45) is 5.92 Å². The zero-order valence-corrected chi connectivity index (χ0v) is 14.5. The quantitative estimate of drug-likeness (QED) is 0.760. The smallest absolute Gasteiger partial charge is 0.241 e. The summed E-state index contributed by atoms with van der Waals surface area (Å²) in [6.07, 6.45) is 1.54. The molecule has 1 aromatic carbocycles. The normalized spacial score (nSPS) is 13.4. The molecule has 0 aliphatic rings. The molecule has 1 aromatic rings. The molecule has 21 heavy (non-hydrogen) atoms. The van der Waals surface area contributed by atoms with Gasteiger partial charge in [-0.1, -0.05) is 13.0 Å². The van der Waals surface area contributed by atoms with Crippen molar-refractivity contribution in [3.8, 4) is 0 Å². The molecule has 0 fully saturated rings. The largest absolute Gasteiger partial charge is 0.396 e. The Morgan fingerprint density at radius 3 is 2.14 bits per heavy atom. The van der Waals surface area contributed by atoms with Crippen LogP contribution in [0, 0.1) is 33.6 Å². The predicted octanol–water partition coefficient (Wildman–Crippen LogP) is 2.61. The van der Waals surface area contributed by atoms with Crippen molar-refractivity contribution < 1.29 is 13.5 Å². The highest BCUT2D eigenvalue weighted by Crippen LogP contribution is 2.25. The van der Waals surface area contributed by atoms with Gasteiger partial charge in [-0.25, -0.2) is 13.1 Å². The summed E-state index contributed by atoms with van der Waals surface area (Å²) in [6, 6.07) is 2.02. The van der Waals surface area contributed by atoms with Crippen molar-refractivity contribution in [3.05, 3.63) is 28.3 Å². The Labute approximate surface area is 128 Å². The van der Waals surface area contributed by atoms with Gasteiger partial charge >= 0.3 is 0 Å². The van der Waals surface area contributed by atoms with Crippen LogP contribution in [0.25, 0.3) is 0 Å². The van der Waals surface area contributed by atoms with E-state index in [0.29, 0.717) is 11.4 Å². The molecule has 0 aliphatic carbocycles. The van der Waals surface area contributed by atoms with Crippen LogP contribution < -0.4 is 4.72 Å². The van der Waals surface area contributed by atoms with Crippen LogP contribution in [0.2, 0.25) is 0 Å². The van der Waals surface area contributed by atoms with Crippen LogP contribution >= 0.6 is 0 Å². The fourth-order valence-electron chi connectivity index (χ4n) is 2.40. The Balaban J connectivity index is 2.89. The third-order valence-corrected chi connectivity index (χ3v) is 5.78. The van der Waals surface area contributed by atoms with Gasteiger partial charge in [0.2, 0.25) is 10.0 Å². The number of hydrogen-bond donors (Lipinski definition) is 2. The molecule has 0 saturated carbocycles. The van der Waals surface area contributed by atoms with E-state index in [2.05, 4.69) is 4.72 Å². The number of rotatable bonds is 7. The zero-order valence-electron chi connectivity index (χ0n) is 13.7. The lowest BCUT2D eigenvalue weighted by Crippen LogP contribution is -2.27. The standard InChI is InChI=1S/C16H27NO3S/c1-11(10-18)7-6-8-17-21(19,20)16-14(4)12(2)9-13(3)15(16)5/h9,11,17-18H,6-8,10H2,1-5H3. The maximum Gasteiger partial charge on any atom is 0.241 e. The summed E-state index contributed by atoms with van der Waals surface area (Å²) in [6.45, 7) is 10.1. The lowest BCUT2D eigenvalue weighted by Gasteiger charge is -2.16. The lowest BCUT2D eigenvalue weighted by atomic mass is 10.0. The van der Waals surface area contributed by atoms with E-state index in [-0.39, 0.29) is 12.5 Å². The summed E-state index contributed by atoms with van der Waals surface area (Å²) in [4.78, 5) is 0.412. The Bertz CT molecular complexity index is 568. The molecule has 5 heteroatoms. The maximum absolute atomic E-state index is 12.5. The first-order valence-electron chi connectivity index (χ1n) is 7.38. The minimum absolute atomic E-state index is 0.141. The average Bonchev–Trinajstić information content (AvgIpc) is 2.41. The Morgan fingerprint density at radius 1 is 1.14 bits per heavy atom. The summed E-state index contributed by atoms with van der Waals surface area (Å²) in [5.74, 6) is 0.208. The number of aliphatic hydroxyl groups is 1. The van der Waals surface area contributed by atoms with Crippen LogP contribution in [0.1, 0.15) is 42.0 Å². The SMILES string of the molecule is Cc1cc(C)c(C)c(S(=O)(=O)NCCCC(C)CO)c1C. The van der Waals surface area contributed by atoms with E-state index in [1.807, 2.05) is 40.7 Å². The Kier molecular flexibility index (Phi) is 6.38. The monoisotopic (exact) mass is 313 g/mol. The highest BCUT2D eigenvalue weighted by atomic mass is 32.2. The van der Waals surface area contributed by atoms with Gasteiger partial charge < -0.3 is 5.11 Å². The second-order valence-electron chi connectivity index (χ2n) is 5.92. The first-order valence-corrected chi connectivity index (χ1v) is 8.87. The molecule has 0 spiro atoms. The van der Waals surface area contributed by atoms with E-state index in [9.17, 15) is 8.42 Å². The molecule has 1 rings (SSSR count). The molecular formula is C16H27NO3S. The van der Waals surface area contributed by atoms with Crippen LogP contribution in [0.3, 0.4) is 0 Å². The molecule has 0 aliphatic heterocycles. The molecule has 0 amide bonds. The van der Waals surface area contributed by atoms with Crippen molar-refractivity contribution in [2.45, 2.75) is 52.4 Å². The molecule has 1 atom stereocenters. The number of hydrogen-bond acceptors (Lipinski definition) is 3. The number of sulfonamides is 1. The number of nitrogens with one attached hydrogen (secondary N) is 1. The first-order chi connectivity index (χ1) is 9.70. The molecule has 0 heterocycles. The summed E-state index contributed by atoms with van der Waals surface area (Å²) in [5, 5.41) is 8.97. The van der Waals surface area contributed by atoms with E-state index < -0.39 is 10.0 Å². The van der Waals surface area contributed by atoms with Crippen molar-refractivity contribution >= 4 is 10.0 Å². The van der Waals surface area contributed by atoms with Crippen LogP contribution in [0.4, 0.5) is 0 Å². The molecule has 4 nitrogen and oxygen atoms in total. The highest BCUT2D eigenvalue weighted by molar-refractivity contribution is 7.89. The maximum atomic E-state index is 12.5. The number of aryl methyl sites for hydroxylation is 2. The van der Waals surface area contributed by atoms with E-state index in [1.165, 1.54) is 0 Å². The fraction of sp³-hybridized carbons (Fsp3) is 0.625. The van der Waals surface area contributed by atoms with Gasteiger partial charge in [0.1, 0.15) is 0 Å². The van der Waals surface area contributed by atoms with Crippen molar-refractivity contribution in [2.75, 3.05) is 13.2 Å². The molecule has 2 N–H and O–H groups in total. The third-order valence-electron chi connectivity index (χ3n) is 4.04. The van der Waals surface area contributed by atoms with Crippen LogP contribution in [-0.2, 0) is 10.0 Å². The average molecular weight is 313 g/mol. The van der Waals surface area contributed by atoms with Gasteiger partial charge in [0, 0.05) is 13.2 Å². The molecule has 0 saturated heterocycles. The molecule has 0 bridgehead atoms. The van der Waals surface area contributed by atoms with Gasteiger partial charge in [-0.2, -0.15) is 0 Å². The van der Waals surface area contributed by atoms with Gasteiger partial charge in [0.25, 0.3) is 0 Å². The van der Waals surface area contributed by atoms with Gasteiger partial charge in [-0.15, -0.1) is 0 Å². The topological polar surface area (TPSA) is 66.4 Å². The van der Waals surface area contributed by atoms with Gasteiger partial charge in [-0.05, 0) is 68.7 Å². The van der Waals surface area contributed by atoms with Gasteiger partial charge in [-0.3, -0.25) is 0 Å². The Hall–Kier alpha value is -0.910. The summed E-state index contributed by atoms with van der Waals surface area (Å²) in [7, 11) is -3.48. The minimum Gasteiger partial charge on any atom is -0.396 e. The molecule has 120 valence electrons. The van der Waals surface area contributed by atoms with Crippen molar-refractivity contribution in [3.63, 3.8) is 0 Å². The first kappa shape index (κ1) is 18.1. The highest BCUT2D eigenvalue weighted by Gasteiger charge is 2.21. The summed E-state index contributed by atoms with van der Waals surface area (Å²) >= 11 is 0. The zero-order chi connectivity index (χ0) is 16.2. The van der Waals surface area contributed by atoms with E-state index >= 15 is 0 Å². The molecule has 1 unspecified atom stereocenters. The van der Waals surface area contributed by atoms with Crippen LogP contribution in [-0.4, -0.2) is 26.7 Å². The molecular weight excluding hydrogens is 286 g/mol. The van der Waals surface area contributed by atoms with Crippen molar-refractivity contribution in [1.29, 1.82) is 0 Å². The van der Waals surface area contributed by atoms with E-state index in [4.69, 9.17) is 5.11 Å². The van der Waals surface area contributed by atoms with Crippen molar-refractivity contribution in [1.82, 2.24) is 4.72 Å². The number of benzene rings is 1. The van der Waals surface area contributed by atoms with Crippen LogP contribution in [0.15, 0.2) is 11.0 Å². The predicted molar refractivity (Wildman–Crippen MR) is 86.1 cm³/mol. The summed E-state index contributed by atoms with van der Waals surface area (Å²) in [5.41, 5.74) is 3.61. The Morgan fingerprint density at radius 2 is 1.67 bits per heavy atom. The van der Waals surface area contributed by atoms with Crippen LogP contribution in [0.5, 0.6) is 0 Å². The lowest BCUT2D eigenvalue weighted by molar-refractivity contribution is 0.228. The molecule has 0 radical (unpaired) electrons. The minimum atomic E-state index is -3.48. The van der Waals surface area contributed by atoms with Gasteiger partial charge in [0.15, 0.2) is 0 Å². The van der Waals surface area contributed by atoms with Gasteiger partial charge in [0.05, 0.1) is 4.90 Å². The summed E-state index contributed by atoms with van der Waals surface area (Å²) < 4.78 is 27.7.